The van der Waals surface area contributed by atoms with Crippen LogP contribution in [-0.4, -0.2) is 33.4 Å². The van der Waals surface area contributed by atoms with Crippen molar-refractivity contribution < 1.29 is 23.3 Å². The van der Waals surface area contributed by atoms with Crippen molar-refractivity contribution in [1.29, 1.82) is 0 Å². The van der Waals surface area contributed by atoms with Crippen LogP contribution >= 0.6 is 0 Å². The van der Waals surface area contributed by atoms with Gasteiger partial charge < -0.3 is 5.11 Å². The number of carboxylic acids is 1. The summed E-state index contributed by atoms with van der Waals surface area (Å²) in [5, 5.41) is 8.21. The predicted octanol–water partition coefficient (Wildman–Crippen LogP) is 2.43. The molecule has 7 heteroatoms. The van der Waals surface area contributed by atoms with Gasteiger partial charge in [0.05, 0.1) is 11.3 Å². The first kappa shape index (κ1) is 16.3. The molecule has 0 aliphatic carbocycles. The molecule has 3 rings (SSSR count). The zero-order valence-corrected chi connectivity index (χ0v) is 13.5. The van der Waals surface area contributed by atoms with E-state index < -0.39 is 33.8 Å². The van der Waals surface area contributed by atoms with Crippen molar-refractivity contribution in [2.24, 2.45) is 0 Å². The summed E-state index contributed by atoms with van der Waals surface area (Å²) in [6.07, 6.45) is 0.115. The number of hydrogen-bond donors (Lipinski definition) is 1. The number of ketones is 1. The van der Waals surface area contributed by atoms with Crippen LogP contribution in [0, 0.1) is 5.82 Å². The Bertz CT molecular complexity index is 867. The van der Waals surface area contributed by atoms with E-state index in [4.69, 9.17) is 5.11 Å². The molecule has 0 fully saturated rings. The Morgan fingerprint density at radius 3 is 2.71 bits per heavy atom. The molecule has 0 radical (unpaired) electrons. The lowest BCUT2D eigenvalue weighted by molar-refractivity contribution is 0.0697. The molecule has 5 nitrogen and oxygen atoms in total. The quantitative estimate of drug-likeness (QED) is 0.925. The molecule has 24 heavy (non-hydrogen) atoms. The summed E-state index contributed by atoms with van der Waals surface area (Å²) in [6, 6.07) is 9.93. The first-order valence-corrected chi connectivity index (χ1v) is 8.36. The number of halogens is 1. The highest BCUT2D eigenvalue weighted by molar-refractivity contribution is 7.88. The highest BCUT2D eigenvalue weighted by Crippen LogP contribution is 2.32. The Morgan fingerprint density at radius 2 is 2.04 bits per heavy atom. The van der Waals surface area contributed by atoms with E-state index in [0.717, 1.165) is 0 Å². The average Bonchev–Trinajstić information content (AvgIpc) is 2.56. The number of carbonyl (C=O) groups excluding carboxylic acids is 1. The lowest BCUT2D eigenvalue weighted by Crippen LogP contribution is -2.42. The molecule has 0 spiro atoms. The Morgan fingerprint density at radius 1 is 1.29 bits per heavy atom. The standard InChI is InChI=1S/C17H14FNO4S/c1-19-14-6-5-11(17(21)22)9-13(14)16(20)15(24(19)23)8-10-3-2-4-12(18)7-10/h2-7,9,15H,8H2,1H3,(H,21,22). The van der Waals surface area contributed by atoms with Crippen molar-refractivity contribution in [3.8, 4) is 0 Å². The average molecular weight is 347 g/mol. The van der Waals surface area contributed by atoms with Crippen molar-refractivity contribution in [3.05, 3.63) is 65.0 Å². The molecule has 0 amide bonds. The number of benzene rings is 2. The van der Waals surface area contributed by atoms with Crippen LogP contribution < -0.4 is 4.31 Å². The minimum absolute atomic E-state index is 0.00677. The Hall–Kier alpha value is -2.54. The Labute approximate surface area is 140 Å². The van der Waals surface area contributed by atoms with Crippen LogP contribution in [0.2, 0.25) is 0 Å². The second-order valence-corrected chi connectivity index (χ2v) is 7.17. The normalized spacial score (nSPS) is 19.9. The third-order valence-electron chi connectivity index (χ3n) is 3.96. The highest BCUT2D eigenvalue weighted by Gasteiger charge is 2.37. The van der Waals surface area contributed by atoms with Gasteiger partial charge in [-0.2, -0.15) is 0 Å². The number of hydrogen-bond acceptors (Lipinski definition) is 3. The molecule has 2 atom stereocenters. The zero-order valence-electron chi connectivity index (χ0n) is 12.7. The monoisotopic (exact) mass is 347 g/mol. The predicted molar refractivity (Wildman–Crippen MR) is 88.2 cm³/mol. The summed E-state index contributed by atoms with van der Waals surface area (Å²) in [6.45, 7) is 0. The summed E-state index contributed by atoms with van der Waals surface area (Å²) in [5.74, 6) is -1.96. The first-order valence-electron chi connectivity index (χ1n) is 7.19. The van der Waals surface area contributed by atoms with E-state index in [1.165, 1.54) is 40.7 Å². The number of fused-ring (bicyclic) bond motifs is 1. The van der Waals surface area contributed by atoms with Crippen molar-refractivity contribution in [1.82, 2.24) is 0 Å². The fourth-order valence-corrected chi connectivity index (χ4v) is 4.12. The molecule has 1 aliphatic rings. The second kappa shape index (κ2) is 6.16. The van der Waals surface area contributed by atoms with Crippen LogP contribution in [0.15, 0.2) is 42.5 Å². The number of nitrogens with zero attached hydrogens (tertiary/aromatic N) is 1. The van der Waals surface area contributed by atoms with Crippen LogP contribution in [0.1, 0.15) is 26.3 Å². The Balaban J connectivity index is 2.01. The van der Waals surface area contributed by atoms with E-state index in [1.807, 2.05) is 0 Å². The fraction of sp³-hybridized carbons (Fsp3) is 0.176. The zero-order chi connectivity index (χ0) is 17.4. The largest absolute Gasteiger partial charge is 0.478 e. The van der Waals surface area contributed by atoms with Crippen LogP contribution in [-0.2, 0) is 17.4 Å². The van der Waals surface area contributed by atoms with Crippen LogP contribution in [0.5, 0.6) is 0 Å². The summed E-state index contributed by atoms with van der Waals surface area (Å²) in [7, 11) is -0.0410. The molecule has 124 valence electrons. The van der Waals surface area contributed by atoms with E-state index in [-0.39, 0.29) is 17.5 Å². The van der Waals surface area contributed by atoms with Gasteiger partial charge in [0.15, 0.2) is 5.78 Å². The number of anilines is 1. The van der Waals surface area contributed by atoms with Gasteiger partial charge in [-0.15, -0.1) is 0 Å². The van der Waals surface area contributed by atoms with E-state index in [9.17, 15) is 18.2 Å². The molecule has 0 saturated heterocycles. The van der Waals surface area contributed by atoms with Crippen molar-refractivity contribution in [2.45, 2.75) is 11.7 Å². The Kier molecular flexibility index (Phi) is 4.19. The topological polar surface area (TPSA) is 74.7 Å². The molecule has 2 unspecified atom stereocenters. The summed E-state index contributed by atoms with van der Waals surface area (Å²) < 4.78 is 27.4. The van der Waals surface area contributed by atoms with Gasteiger partial charge in [0.2, 0.25) is 0 Å². The molecule has 0 saturated carbocycles. The van der Waals surface area contributed by atoms with Gasteiger partial charge in [-0.1, -0.05) is 12.1 Å². The number of aromatic carboxylic acids is 1. The maximum atomic E-state index is 13.3. The van der Waals surface area contributed by atoms with Crippen LogP contribution in [0.3, 0.4) is 0 Å². The molecule has 0 aromatic heterocycles. The SMILES string of the molecule is CN1c2ccc(C(=O)O)cc2C(=O)C(Cc2cccc(F)c2)S1=O. The molecular weight excluding hydrogens is 333 g/mol. The van der Waals surface area contributed by atoms with Crippen LogP contribution in [0.4, 0.5) is 10.1 Å². The number of carbonyl (C=O) groups is 2. The third-order valence-corrected chi connectivity index (χ3v) is 5.57. The molecule has 1 N–H and O–H groups in total. The van der Waals surface area contributed by atoms with E-state index in [1.54, 1.807) is 13.1 Å². The lowest BCUT2D eigenvalue weighted by atomic mass is 9.98. The minimum atomic E-state index is -1.62. The summed E-state index contributed by atoms with van der Waals surface area (Å²) in [4.78, 5) is 23.9. The lowest BCUT2D eigenvalue weighted by Gasteiger charge is -2.31. The van der Waals surface area contributed by atoms with E-state index in [2.05, 4.69) is 0 Å². The maximum absolute atomic E-state index is 13.3. The smallest absolute Gasteiger partial charge is 0.335 e. The maximum Gasteiger partial charge on any atom is 0.335 e. The molecule has 1 aliphatic heterocycles. The molecular formula is C17H14FNO4S. The molecule has 2 aromatic carbocycles. The van der Waals surface area contributed by atoms with E-state index >= 15 is 0 Å². The minimum Gasteiger partial charge on any atom is -0.478 e. The van der Waals surface area contributed by atoms with Crippen molar-refractivity contribution in [3.63, 3.8) is 0 Å². The van der Waals surface area contributed by atoms with Gasteiger partial charge in [0.25, 0.3) is 0 Å². The number of rotatable bonds is 3. The number of Topliss-reactive ketones (excluding diaryl/α,β-unsaturated/α-hetero) is 1. The molecule has 1 heterocycles. The molecule has 0 bridgehead atoms. The highest BCUT2D eigenvalue weighted by atomic mass is 32.2. The van der Waals surface area contributed by atoms with Gasteiger partial charge in [-0.25, -0.2) is 13.4 Å². The summed E-state index contributed by atoms with van der Waals surface area (Å²) >= 11 is 0. The van der Waals surface area contributed by atoms with Crippen molar-refractivity contribution in [2.75, 3.05) is 11.4 Å². The summed E-state index contributed by atoms with van der Waals surface area (Å²) in [5.41, 5.74) is 1.21. The van der Waals surface area contributed by atoms with Crippen LogP contribution in [0.25, 0.3) is 0 Å². The van der Waals surface area contributed by atoms with Gasteiger partial charge in [0.1, 0.15) is 22.1 Å². The fourth-order valence-electron chi connectivity index (χ4n) is 2.74. The van der Waals surface area contributed by atoms with Crippen molar-refractivity contribution >= 4 is 28.4 Å². The van der Waals surface area contributed by atoms with Gasteiger partial charge in [0, 0.05) is 12.6 Å². The van der Waals surface area contributed by atoms with Gasteiger partial charge in [-0.3, -0.25) is 9.10 Å². The van der Waals surface area contributed by atoms with Gasteiger partial charge in [-0.05, 0) is 42.3 Å². The van der Waals surface area contributed by atoms with E-state index in [0.29, 0.717) is 11.3 Å². The first-order chi connectivity index (χ1) is 11.4. The number of carboxylic acid groups (broad SMARTS) is 1. The van der Waals surface area contributed by atoms with Gasteiger partial charge >= 0.3 is 5.97 Å². The second-order valence-electron chi connectivity index (χ2n) is 5.50. The third kappa shape index (κ3) is 2.82. The molecule has 2 aromatic rings.